The second-order valence-corrected chi connectivity index (χ2v) is 7.70. The molecule has 0 bridgehead atoms. The van der Waals surface area contributed by atoms with Crippen LogP contribution in [0.2, 0.25) is 0 Å². The Morgan fingerprint density at radius 1 is 1.27 bits per heavy atom. The van der Waals surface area contributed by atoms with E-state index in [0.29, 0.717) is 12.0 Å². The summed E-state index contributed by atoms with van der Waals surface area (Å²) in [5.41, 5.74) is 1.12. The zero-order chi connectivity index (χ0) is 21.3. The van der Waals surface area contributed by atoms with Gasteiger partial charge in [0.2, 0.25) is 0 Å². The van der Waals surface area contributed by atoms with Crippen molar-refractivity contribution in [2.75, 3.05) is 45.3 Å². The van der Waals surface area contributed by atoms with Gasteiger partial charge < -0.3 is 25.0 Å². The summed E-state index contributed by atoms with van der Waals surface area (Å²) in [7, 11) is 3.36. The highest BCUT2D eigenvalue weighted by molar-refractivity contribution is 5.80. The summed E-state index contributed by atoms with van der Waals surface area (Å²) >= 11 is 0. The van der Waals surface area contributed by atoms with Crippen molar-refractivity contribution in [3.05, 3.63) is 36.7 Å². The molecule has 0 amide bonds. The minimum atomic E-state index is 0.335. The van der Waals surface area contributed by atoms with E-state index in [0.717, 1.165) is 62.3 Å². The Balaban J connectivity index is 1.57. The van der Waals surface area contributed by atoms with Gasteiger partial charge in [-0.15, -0.1) is 0 Å². The van der Waals surface area contributed by atoms with Crippen LogP contribution in [0.25, 0.3) is 0 Å². The first-order valence-electron chi connectivity index (χ1n) is 10.6. The molecule has 1 aliphatic heterocycles. The number of anilines is 1. The molecule has 0 aliphatic carbocycles. The molecule has 1 fully saturated rings. The van der Waals surface area contributed by atoms with Crippen molar-refractivity contribution in [2.45, 2.75) is 32.9 Å². The van der Waals surface area contributed by atoms with Gasteiger partial charge in [0, 0.05) is 75.0 Å². The second kappa shape index (κ2) is 10.8. The number of benzene rings is 1. The van der Waals surface area contributed by atoms with Crippen molar-refractivity contribution in [3.63, 3.8) is 0 Å². The first kappa shape index (κ1) is 21.8. The molecule has 0 saturated carbocycles. The van der Waals surface area contributed by atoms with E-state index < -0.39 is 0 Å². The van der Waals surface area contributed by atoms with Crippen molar-refractivity contribution >= 4 is 11.6 Å². The van der Waals surface area contributed by atoms with Crippen molar-refractivity contribution in [3.8, 4) is 11.5 Å². The summed E-state index contributed by atoms with van der Waals surface area (Å²) < 4.78 is 12.8. The highest BCUT2D eigenvalue weighted by Crippen LogP contribution is 2.30. The maximum absolute atomic E-state index is 5.41. The molecule has 1 aromatic carbocycles. The number of guanidine groups is 1. The summed E-state index contributed by atoms with van der Waals surface area (Å²) in [5, 5.41) is 11.3. The Kier molecular flexibility index (Phi) is 7.82. The predicted molar refractivity (Wildman–Crippen MR) is 121 cm³/mol. The Morgan fingerprint density at radius 3 is 2.67 bits per heavy atom. The van der Waals surface area contributed by atoms with E-state index in [1.54, 1.807) is 14.2 Å². The third-order valence-corrected chi connectivity index (χ3v) is 5.19. The Morgan fingerprint density at radius 2 is 2.03 bits per heavy atom. The van der Waals surface area contributed by atoms with Crippen molar-refractivity contribution in [1.82, 2.24) is 20.4 Å². The van der Waals surface area contributed by atoms with Crippen LogP contribution in [0.1, 0.15) is 20.3 Å². The fraction of sp³-hybridized carbons (Fsp3) is 0.545. The molecule has 8 nitrogen and oxygen atoms in total. The van der Waals surface area contributed by atoms with Crippen LogP contribution in [0.15, 0.2) is 41.7 Å². The SMILES string of the molecule is CCNC(=NCC(C)Cn1cccn1)NC1CCN(c2cc(OC)cc(OC)c2)C1. The smallest absolute Gasteiger partial charge is 0.191 e. The number of methoxy groups -OCH3 is 2. The number of hydrogen-bond acceptors (Lipinski definition) is 5. The molecule has 30 heavy (non-hydrogen) atoms. The van der Waals surface area contributed by atoms with Crippen molar-refractivity contribution in [1.29, 1.82) is 0 Å². The topological polar surface area (TPSA) is 75.9 Å². The lowest BCUT2D eigenvalue weighted by Crippen LogP contribution is -2.44. The molecule has 1 aromatic heterocycles. The monoisotopic (exact) mass is 414 g/mol. The fourth-order valence-electron chi connectivity index (χ4n) is 3.63. The van der Waals surface area contributed by atoms with Gasteiger partial charge in [0.25, 0.3) is 0 Å². The van der Waals surface area contributed by atoms with E-state index in [4.69, 9.17) is 14.5 Å². The van der Waals surface area contributed by atoms with Gasteiger partial charge in [-0.2, -0.15) is 5.10 Å². The molecule has 3 rings (SSSR count). The molecule has 1 aliphatic rings. The zero-order valence-corrected chi connectivity index (χ0v) is 18.5. The van der Waals surface area contributed by atoms with E-state index in [1.807, 2.05) is 29.2 Å². The second-order valence-electron chi connectivity index (χ2n) is 7.70. The summed E-state index contributed by atoms with van der Waals surface area (Å²) in [6.45, 7) is 8.62. The van der Waals surface area contributed by atoms with Crippen LogP contribution in [-0.2, 0) is 6.54 Å². The third kappa shape index (κ3) is 6.05. The summed E-state index contributed by atoms with van der Waals surface area (Å²) in [6.07, 6.45) is 4.85. The van der Waals surface area contributed by atoms with E-state index in [1.165, 1.54) is 0 Å². The average molecular weight is 415 g/mol. The van der Waals surface area contributed by atoms with Gasteiger partial charge in [0.05, 0.1) is 14.2 Å². The molecular weight excluding hydrogens is 380 g/mol. The summed E-state index contributed by atoms with van der Waals surface area (Å²) in [5.74, 6) is 2.90. The van der Waals surface area contributed by atoms with Crippen LogP contribution in [0.4, 0.5) is 5.69 Å². The van der Waals surface area contributed by atoms with Crippen LogP contribution in [0, 0.1) is 5.92 Å². The fourth-order valence-corrected chi connectivity index (χ4v) is 3.63. The Bertz CT molecular complexity index is 786. The molecule has 0 spiro atoms. The Labute approximate surface area is 179 Å². The lowest BCUT2D eigenvalue weighted by atomic mass is 10.2. The van der Waals surface area contributed by atoms with Crippen molar-refractivity contribution in [2.24, 2.45) is 10.9 Å². The van der Waals surface area contributed by atoms with Crippen molar-refractivity contribution < 1.29 is 9.47 Å². The number of aliphatic imine (C=N–C) groups is 1. The van der Waals surface area contributed by atoms with Crippen LogP contribution in [0.3, 0.4) is 0 Å². The summed E-state index contributed by atoms with van der Waals surface area (Å²) in [4.78, 5) is 7.16. The van der Waals surface area contributed by atoms with Crippen LogP contribution >= 0.6 is 0 Å². The largest absolute Gasteiger partial charge is 0.497 e. The quantitative estimate of drug-likeness (QED) is 0.485. The number of nitrogens with one attached hydrogen (secondary N) is 2. The van der Waals surface area contributed by atoms with Gasteiger partial charge in [-0.1, -0.05) is 6.92 Å². The van der Waals surface area contributed by atoms with Gasteiger partial charge in [-0.05, 0) is 25.3 Å². The van der Waals surface area contributed by atoms with Gasteiger partial charge in [-0.3, -0.25) is 9.67 Å². The molecule has 2 atom stereocenters. The first-order valence-corrected chi connectivity index (χ1v) is 10.6. The highest BCUT2D eigenvalue weighted by Gasteiger charge is 2.24. The van der Waals surface area contributed by atoms with E-state index in [9.17, 15) is 0 Å². The lowest BCUT2D eigenvalue weighted by molar-refractivity contribution is 0.394. The number of aromatic nitrogens is 2. The van der Waals surface area contributed by atoms with Gasteiger partial charge in [0.1, 0.15) is 11.5 Å². The average Bonchev–Trinajstić information content (AvgIpc) is 3.44. The first-order chi connectivity index (χ1) is 14.6. The van der Waals surface area contributed by atoms with E-state index in [-0.39, 0.29) is 0 Å². The Hall–Kier alpha value is -2.90. The molecule has 164 valence electrons. The number of rotatable bonds is 9. The minimum absolute atomic E-state index is 0.335. The molecule has 2 unspecified atom stereocenters. The maximum Gasteiger partial charge on any atom is 0.191 e. The van der Waals surface area contributed by atoms with E-state index >= 15 is 0 Å². The maximum atomic E-state index is 5.41. The number of hydrogen-bond donors (Lipinski definition) is 2. The van der Waals surface area contributed by atoms with Crippen LogP contribution < -0.4 is 25.0 Å². The zero-order valence-electron chi connectivity index (χ0n) is 18.5. The predicted octanol–water partition coefficient (Wildman–Crippen LogP) is 2.37. The van der Waals surface area contributed by atoms with E-state index in [2.05, 4.69) is 46.6 Å². The van der Waals surface area contributed by atoms with Crippen LogP contribution in [0.5, 0.6) is 11.5 Å². The molecule has 2 aromatic rings. The molecule has 2 N–H and O–H groups in total. The molecule has 1 saturated heterocycles. The standard InChI is InChI=1S/C22H34N6O2/c1-5-23-22(24-14-17(2)15-28-9-6-8-25-28)26-18-7-10-27(16-18)19-11-20(29-3)13-21(12-19)30-4/h6,8-9,11-13,17-18H,5,7,10,14-16H2,1-4H3,(H2,23,24,26). The molecule has 8 heteroatoms. The minimum Gasteiger partial charge on any atom is -0.497 e. The summed E-state index contributed by atoms with van der Waals surface area (Å²) in [6, 6.07) is 8.30. The van der Waals surface area contributed by atoms with Gasteiger partial charge in [-0.25, -0.2) is 0 Å². The van der Waals surface area contributed by atoms with Gasteiger partial charge >= 0.3 is 0 Å². The van der Waals surface area contributed by atoms with Gasteiger partial charge in [0.15, 0.2) is 5.96 Å². The van der Waals surface area contributed by atoms with Crippen LogP contribution in [-0.4, -0.2) is 62.2 Å². The highest BCUT2D eigenvalue weighted by atomic mass is 16.5. The normalized spacial score (nSPS) is 17.7. The number of ether oxygens (including phenoxy) is 2. The third-order valence-electron chi connectivity index (χ3n) is 5.19. The number of nitrogens with zero attached hydrogens (tertiary/aromatic N) is 4. The molecular formula is C22H34N6O2. The lowest BCUT2D eigenvalue weighted by Gasteiger charge is -2.21. The molecule has 0 radical (unpaired) electrons. The molecule has 2 heterocycles.